The molecule has 2 aromatic rings. The minimum Gasteiger partial charge on any atom is -0.392 e. The second kappa shape index (κ2) is 3.02. The van der Waals surface area contributed by atoms with Gasteiger partial charge in [-0.3, -0.25) is 0 Å². The molecular formula is C8H7IN2O. The van der Waals surface area contributed by atoms with Crippen LogP contribution in [-0.4, -0.2) is 14.7 Å². The molecule has 0 aromatic carbocycles. The second-order valence-electron chi connectivity index (χ2n) is 2.50. The largest absolute Gasteiger partial charge is 0.392 e. The van der Waals surface area contributed by atoms with Gasteiger partial charge in [0.2, 0.25) is 0 Å². The minimum atomic E-state index is 0.0452. The smallest absolute Gasteiger partial charge is 0.0727 e. The van der Waals surface area contributed by atoms with Gasteiger partial charge in [0.15, 0.2) is 0 Å². The Hall–Kier alpha value is -0.620. The van der Waals surface area contributed by atoms with E-state index in [2.05, 4.69) is 27.7 Å². The van der Waals surface area contributed by atoms with Crippen molar-refractivity contribution in [3.05, 3.63) is 33.7 Å². The maximum atomic E-state index is 8.96. The summed E-state index contributed by atoms with van der Waals surface area (Å²) in [4.78, 5) is 0. The third-order valence-electron chi connectivity index (χ3n) is 1.73. The number of aliphatic hydroxyl groups excluding tert-OH is 1. The number of aliphatic hydroxyl groups is 1. The summed E-state index contributed by atoms with van der Waals surface area (Å²) in [7, 11) is 0. The highest BCUT2D eigenvalue weighted by Crippen LogP contribution is 2.13. The van der Waals surface area contributed by atoms with Gasteiger partial charge in [-0.1, -0.05) is 0 Å². The summed E-state index contributed by atoms with van der Waals surface area (Å²) in [6.45, 7) is 0.0452. The summed E-state index contributed by atoms with van der Waals surface area (Å²) >= 11 is 2.24. The first-order valence-electron chi connectivity index (χ1n) is 3.54. The lowest BCUT2D eigenvalue weighted by Crippen LogP contribution is -1.87. The summed E-state index contributed by atoms with van der Waals surface area (Å²) in [6.07, 6.45) is 3.57. The van der Waals surface area contributed by atoms with E-state index in [1.807, 2.05) is 18.3 Å². The first-order valence-corrected chi connectivity index (χ1v) is 4.62. The van der Waals surface area contributed by atoms with E-state index in [9.17, 15) is 0 Å². The zero-order valence-electron chi connectivity index (χ0n) is 6.24. The molecule has 0 aliphatic heterocycles. The zero-order valence-corrected chi connectivity index (χ0v) is 8.39. The average molecular weight is 274 g/mol. The van der Waals surface area contributed by atoms with Crippen LogP contribution in [0.25, 0.3) is 5.52 Å². The van der Waals surface area contributed by atoms with Gasteiger partial charge in [0.05, 0.1) is 18.3 Å². The molecule has 12 heavy (non-hydrogen) atoms. The fourth-order valence-corrected chi connectivity index (χ4v) is 1.58. The van der Waals surface area contributed by atoms with Crippen molar-refractivity contribution in [2.75, 3.05) is 0 Å². The van der Waals surface area contributed by atoms with Gasteiger partial charge in [0.1, 0.15) is 0 Å². The van der Waals surface area contributed by atoms with Crippen molar-refractivity contribution in [3.63, 3.8) is 0 Å². The van der Waals surface area contributed by atoms with Crippen LogP contribution in [0.3, 0.4) is 0 Å². The van der Waals surface area contributed by atoms with Gasteiger partial charge >= 0.3 is 0 Å². The highest BCUT2D eigenvalue weighted by Gasteiger charge is 2.01. The van der Waals surface area contributed by atoms with Crippen LogP contribution in [0.5, 0.6) is 0 Å². The van der Waals surface area contributed by atoms with E-state index in [4.69, 9.17) is 5.11 Å². The topological polar surface area (TPSA) is 37.5 Å². The average Bonchev–Trinajstić information content (AvgIpc) is 2.46. The van der Waals surface area contributed by atoms with E-state index in [-0.39, 0.29) is 6.61 Å². The van der Waals surface area contributed by atoms with Gasteiger partial charge in [-0.15, -0.1) is 0 Å². The highest BCUT2D eigenvalue weighted by molar-refractivity contribution is 14.1. The predicted octanol–water partition coefficient (Wildman–Crippen LogP) is 1.43. The molecule has 0 fully saturated rings. The van der Waals surface area contributed by atoms with Crippen LogP contribution in [0.2, 0.25) is 0 Å². The summed E-state index contributed by atoms with van der Waals surface area (Å²) in [5.74, 6) is 0. The molecule has 0 amide bonds. The molecule has 4 heteroatoms. The van der Waals surface area contributed by atoms with Gasteiger partial charge in [-0.25, -0.2) is 4.52 Å². The second-order valence-corrected chi connectivity index (χ2v) is 3.75. The number of halogens is 1. The van der Waals surface area contributed by atoms with Crippen molar-refractivity contribution in [2.45, 2.75) is 6.61 Å². The number of rotatable bonds is 1. The molecule has 0 unspecified atom stereocenters. The van der Waals surface area contributed by atoms with Gasteiger partial charge in [0.25, 0.3) is 0 Å². The summed E-state index contributed by atoms with van der Waals surface area (Å²) in [6, 6.07) is 3.97. The summed E-state index contributed by atoms with van der Waals surface area (Å²) in [5, 5.41) is 13.0. The van der Waals surface area contributed by atoms with Crippen molar-refractivity contribution < 1.29 is 5.11 Å². The number of nitrogens with zero attached hydrogens (tertiary/aromatic N) is 2. The van der Waals surface area contributed by atoms with Crippen LogP contribution in [-0.2, 0) is 6.61 Å². The molecule has 2 aromatic heterocycles. The van der Waals surface area contributed by atoms with E-state index in [0.717, 1.165) is 14.7 Å². The standard InChI is InChI=1S/C8H7IN2O/c9-7-1-2-11-8(3-7)6(5-12)4-10-11/h1-4,12H,5H2. The van der Waals surface area contributed by atoms with Gasteiger partial charge in [-0.2, -0.15) is 5.10 Å². The third kappa shape index (κ3) is 1.21. The Morgan fingerprint density at radius 3 is 3.17 bits per heavy atom. The van der Waals surface area contributed by atoms with Crippen LogP contribution in [0.1, 0.15) is 5.56 Å². The normalized spacial score (nSPS) is 10.8. The molecule has 0 aliphatic carbocycles. The highest BCUT2D eigenvalue weighted by atomic mass is 127. The van der Waals surface area contributed by atoms with Crippen LogP contribution in [0, 0.1) is 3.57 Å². The molecule has 2 rings (SSSR count). The maximum Gasteiger partial charge on any atom is 0.0727 e. The van der Waals surface area contributed by atoms with Crippen molar-refractivity contribution in [1.29, 1.82) is 0 Å². The Kier molecular flexibility index (Phi) is 2.02. The molecule has 0 saturated heterocycles. The number of aromatic nitrogens is 2. The van der Waals surface area contributed by atoms with Gasteiger partial charge < -0.3 is 5.11 Å². The van der Waals surface area contributed by atoms with Crippen LogP contribution < -0.4 is 0 Å². The Morgan fingerprint density at radius 2 is 2.42 bits per heavy atom. The van der Waals surface area contributed by atoms with Crippen molar-refractivity contribution in [1.82, 2.24) is 9.61 Å². The SMILES string of the molecule is OCc1cnn2ccc(I)cc12. The lowest BCUT2D eigenvalue weighted by Gasteiger charge is -1.95. The fraction of sp³-hybridized carbons (Fsp3) is 0.125. The molecule has 0 atom stereocenters. The van der Waals surface area contributed by atoms with E-state index in [1.165, 1.54) is 0 Å². The predicted molar refractivity (Wildman–Crippen MR) is 53.8 cm³/mol. The van der Waals surface area contributed by atoms with E-state index >= 15 is 0 Å². The molecule has 0 bridgehead atoms. The molecule has 0 spiro atoms. The molecule has 62 valence electrons. The minimum absolute atomic E-state index is 0.0452. The third-order valence-corrected chi connectivity index (χ3v) is 2.40. The molecule has 0 saturated carbocycles. The monoisotopic (exact) mass is 274 g/mol. The van der Waals surface area contributed by atoms with Gasteiger partial charge in [-0.05, 0) is 34.7 Å². The lowest BCUT2D eigenvalue weighted by molar-refractivity contribution is 0.283. The number of hydrogen-bond acceptors (Lipinski definition) is 2. The molecule has 0 radical (unpaired) electrons. The number of hydrogen-bond donors (Lipinski definition) is 1. The summed E-state index contributed by atoms with van der Waals surface area (Å²) < 4.78 is 2.91. The fourth-order valence-electron chi connectivity index (χ4n) is 1.13. The zero-order chi connectivity index (χ0) is 8.55. The van der Waals surface area contributed by atoms with Crippen LogP contribution >= 0.6 is 22.6 Å². The molecule has 1 N–H and O–H groups in total. The lowest BCUT2D eigenvalue weighted by atomic mass is 10.3. The van der Waals surface area contributed by atoms with E-state index in [1.54, 1.807) is 10.7 Å². The quantitative estimate of drug-likeness (QED) is 0.799. The van der Waals surface area contributed by atoms with E-state index in [0.29, 0.717) is 0 Å². The first-order chi connectivity index (χ1) is 5.81. The Labute approximate surface area is 83.2 Å². The number of fused-ring (bicyclic) bond motifs is 1. The Bertz CT molecular complexity index is 410. The molecule has 0 aliphatic rings. The molecule has 3 nitrogen and oxygen atoms in total. The summed E-state index contributed by atoms with van der Waals surface area (Å²) in [5.41, 5.74) is 1.85. The van der Waals surface area contributed by atoms with Crippen LogP contribution in [0.15, 0.2) is 24.5 Å². The van der Waals surface area contributed by atoms with E-state index < -0.39 is 0 Å². The van der Waals surface area contributed by atoms with Crippen molar-refractivity contribution >= 4 is 28.1 Å². The van der Waals surface area contributed by atoms with Crippen LogP contribution in [0.4, 0.5) is 0 Å². The molecular weight excluding hydrogens is 267 g/mol. The van der Waals surface area contributed by atoms with Crippen molar-refractivity contribution in [3.8, 4) is 0 Å². The Morgan fingerprint density at radius 1 is 1.58 bits per heavy atom. The number of pyridine rings is 1. The van der Waals surface area contributed by atoms with Gasteiger partial charge in [0, 0.05) is 15.3 Å². The van der Waals surface area contributed by atoms with Crippen molar-refractivity contribution in [2.24, 2.45) is 0 Å². The first kappa shape index (κ1) is 8.00. The maximum absolute atomic E-state index is 8.96. The Balaban J connectivity index is 2.75. The molecule has 2 heterocycles.